The van der Waals surface area contributed by atoms with Gasteiger partial charge in [0.2, 0.25) is 22.5 Å². The minimum atomic E-state index is -2.43. The monoisotopic (exact) mass is 563 g/mol. The molecule has 7 heterocycles. The molecule has 0 unspecified atom stereocenters. The van der Waals surface area contributed by atoms with Crippen LogP contribution in [-0.2, 0) is 18.9 Å². The van der Waals surface area contributed by atoms with Gasteiger partial charge in [0.15, 0.2) is 0 Å². The van der Waals surface area contributed by atoms with Gasteiger partial charge in [-0.2, -0.15) is 13.5 Å². The van der Waals surface area contributed by atoms with Crippen molar-refractivity contribution in [1.29, 1.82) is 0 Å². The summed E-state index contributed by atoms with van der Waals surface area (Å²) in [6.07, 6.45) is 0. The van der Waals surface area contributed by atoms with Crippen molar-refractivity contribution in [1.82, 2.24) is 28.0 Å². The summed E-state index contributed by atoms with van der Waals surface area (Å²) in [5.41, 5.74) is 0. The largest absolute Gasteiger partial charge is 0.379 e. The number of hydrogen-bond donors (Lipinski definition) is 0. The summed E-state index contributed by atoms with van der Waals surface area (Å²) in [5, 5.41) is 0. The molecule has 0 radical (unpaired) electrons. The first-order chi connectivity index (χ1) is 17.8. The van der Waals surface area contributed by atoms with E-state index < -0.39 is 22.5 Å². The average Bonchev–Trinajstić information content (AvgIpc) is 3.87. The number of ether oxygens (including phenoxy) is 4. The molecule has 0 saturated carbocycles. The second-order valence-electron chi connectivity index (χ2n) is 10.0. The summed E-state index contributed by atoms with van der Waals surface area (Å²) >= 11 is 0. The molecule has 0 aromatic rings. The zero-order chi connectivity index (χ0) is 24.1. The molecule has 7 rings (SSSR count). The highest BCUT2D eigenvalue weighted by molar-refractivity contribution is 7.83. The molecule has 36 heavy (non-hydrogen) atoms. The van der Waals surface area contributed by atoms with Gasteiger partial charge in [-0.25, -0.2) is 28.0 Å². The molecule has 0 amide bonds. The zero-order valence-electron chi connectivity index (χ0n) is 21.1. The minimum absolute atomic E-state index is 0.744. The molecule has 0 aromatic carbocycles. The quantitative estimate of drug-likeness (QED) is 0.352. The number of nitrogens with zero attached hydrogens (tertiary/aromatic N) is 9. The molecule has 13 nitrogen and oxygen atoms in total. The molecule has 6 saturated heterocycles. The third kappa shape index (κ3) is 4.46. The van der Waals surface area contributed by atoms with Crippen LogP contribution in [0.1, 0.15) is 0 Å². The van der Waals surface area contributed by atoms with Crippen molar-refractivity contribution >= 4 is 22.5 Å². The number of hydrogen-bond acceptors (Lipinski definition) is 13. The maximum absolute atomic E-state index is 6.05. The Morgan fingerprint density at radius 1 is 0.306 bits per heavy atom. The Labute approximate surface area is 214 Å². The Balaban J connectivity index is 1.49. The van der Waals surface area contributed by atoms with Crippen molar-refractivity contribution in [3.8, 4) is 0 Å². The second kappa shape index (κ2) is 10.4. The summed E-state index contributed by atoms with van der Waals surface area (Å²) in [7, 11) is -7.09. The van der Waals surface area contributed by atoms with Crippen LogP contribution in [-0.4, -0.2) is 159 Å². The third-order valence-corrected chi connectivity index (χ3v) is 20.5. The van der Waals surface area contributed by atoms with Gasteiger partial charge in [0.1, 0.15) is 0 Å². The summed E-state index contributed by atoms with van der Waals surface area (Å²) < 4.78 is 57.1. The maximum Gasteiger partial charge on any atom is 0.221 e. The normalized spacial score (nSPS) is 39.7. The molecule has 7 aliphatic heterocycles. The molecule has 7 aliphatic rings. The van der Waals surface area contributed by atoms with E-state index in [-0.39, 0.29) is 0 Å². The van der Waals surface area contributed by atoms with Crippen LogP contribution in [0.15, 0.2) is 13.5 Å². The number of rotatable bonds is 6. The Hall–Kier alpha value is 0.290. The first-order valence-corrected chi connectivity index (χ1v) is 18.3. The fourth-order valence-electron chi connectivity index (χ4n) is 5.67. The van der Waals surface area contributed by atoms with Gasteiger partial charge in [-0.3, -0.25) is 0 Å². The van der Waals surface area contributed by atoms with Gasteiger partial charge in [-0.15, -0.1) is 0 Å². The first-order valence-electron chi connectivity index (χ1n) is 13.5. The molecule has 2 atom stereocenters. The third-order valence-electron chi connectivity index (χ3n) is 7.79. The summed E-state index contributed by atoms with van der Waals surface area (Å²) in [6.45, 7) is 17.4. The van der Waals surface area contributed by atoms with E-state index >= 15 is 0 Å². The zero-order valence-corrected chi connectivity index (χ0v) is 23.8. The summed E-state index contributed by atoms with van der Waals surface area (Å²) in [6, 6.07) is 0. The molecular formula is C20H40N9O4P3. The van der Waals surface area contributed by atoms with Crippen LogP contribution in [0, 0.1) is 0 Å². The molecule has 0 aromatic heterocycles. The van der Waals surface area contributed by atoms with Gasteiger partial charge in [-0.05, 0) is 0 Å². The lowest BCUT2D eigenvalue weighted by Gasteiger charge is -2.51. The standard InChI is InChI=1S/C20H40N9O4P3/c1-2-24(1)34(26-5-13-30-14-6-26)21-35(25-3-4-25,27-7-15-31-16-8-27)23-36(22-34,28-9-17-32-18-10-28)29-11-19-33-20-12-29/h1-20H2/t34-,35-/m0/s1. The van der Waals surface area contributed by atoms with Crippen molar-refractivity contribution in [2.75, 3.05) is 131 Å². The van der Waals surface area contributed by atoms with E-state index in [1.54, 1.807) is 0 Å². The van der Waals surface area contributed by atoms with Crippen molar-refractivity contribution in [2.45, 2.75) is 0 Å². The average molecular weight is 564 g/mol. The minimum Gasteiger partial charge on any atom is -0.379 e. The van der Waals surface area contributed by atoms with E-state index in [1.807, 2.05) is 0 Å². The SMILES string of the molecule is C1CN(P2(N3CCOCC3)=N[P@](N3CCOCC3)(N3CC3)=N[P@@](N3CCOCC3)(N3CC3)=N2)CCO1. The molecule has 0 bridgehead atoms. The van der Waals surface area contributed by atoms with E-state index in [0.29, 0.717) is 0 Å². The van der Waals surface area contributed by atoms with Crippen LogP contribution in [0.2, 0.25) is 0 Å². The highest BCUT2D eigenvalue weighted by Crippen LogP contribution is 2.85. The van der Waals surface area contributed by atoms with Crippen molar-refractivity contribution in [2.24, 2.45) is 13.5 Å². The van der Waals surface area contributed by atoms with Gasteiger partial charge in [0.25, 0.3) is 0 Å². The van der Waals surface area contributed by atoms with Crippen molar-refractivity contribution < 1.29 is 18.9 Å². The number of morpholine rings is 4. The second-order valence-corrected chi connectivity index (χ2v) is 18.8. The highest BCUT2D eigenvalue weighted by Gasteiger charge is 2.55. The highest BCUT2D eigenvalue weighted by atomic mass is 31.3. The molecule has 16 heteroatoms. The fourth-order valence-corrected chi connectivity index (χ4v) is 21.5. The summed E-state index contributed by atoms with van der Waals surface area (Å²) in [4.78, 5) is 0. The van der Waals surface area contributed by atoms with E-state index in [9.17, 15) is 0 Å². The molecule has 204 valence electrons. The van der Waals surface area contributed by atoms with E-state index in [2.05, 4.69) is 28.0 Å². The molecule has 0 aliphatic carbocycles. The molecular weight excluding hydrogens is 523 g/mol. The Kier molecular flexibility index (Phi) is 7.27. The van der Waals surface area contributed by atoms with Crippen LogP contribution in [0.3, 0.4) is 0 Å². The predicted octanol–water partition coefficient (Wildman–Crippen LogP) is 1.80. The van der Waals surface area contributed by atoms with Crippen LogP contribution in [0.25, 0.3) is 0 Å². The van der Waals surface area contributed by atoms with E-state index in [0.717, 1.165) is 131 Å². The van der Waals surface area contributed by atoms with Crippen LogP contribution >= 0.6 is 22.5 Å². The van der Waals surface area contributed by atoms with Gasteiger partial charge in [0, 0.05) is 78.5 Å². The van der Waals surface area contributed by atoms with Crippen LogP contribution < -0.4 is 0 Å². The van der Waals surface area contributed by atoms with Crippen molar-refractivity contribution in [3.63, 3.8) is 0 Å². The van der Waals surface area contributed by atoms with Gasteiger partial charge in [-0.1, -0.05) is 0 Å². The van der Waals surface area contributed by atoms with Gasteiger partial charge in [0.05, 0.1) is 52.9 Å². The van der Waals surface area contributed by atoms with Crippen molar-refractivity contribution in [3.05, 3.63) is 0 Å². The molecule has 0 N–H and O–H groups in total. The Morgan fingerprint density at radius 3 is 0.694 bits per heavy atom. The Morgan fingerprint density at radius 2 is 0.500 bits per heavy atom. The predicted molar refractivity (Wildman–Crippen MR) is 141 cm³/mol. The topological polar surface area (TPSA) is 93.0 Å². The summed E-state index contributed by atoms with van der Waals surface area (Å²) in [5.74, 6) is 0. The fraction of sp³-hybridized carbons (Fsp3) is 1.00. The first kappa shape index (κ1) is 25.3. The molecule has 0 spiro atoms. The van der Waals surface area contributed by atoms with Crippen LogP contribution in [0.4, 0.5) is 0 Å². The lowest BCUT2D eigenvalue weighted by atomic mass is 10.5. The molecule has 6 fully saturated rings. The van der Waals surface area contributed by atoms with Gasteiger partial charge >= 0.3 is 0 Å². The van der Waals surface area contributed by atoms with E-state index in [1.165, 1.54) is 0 Å². The van der Waals surface area contributed by atoms with E-state index in [4.69, 9.17) is 32.5 Å². The van der Waals surface area contributed by atoms with Crippen LogP contribution in [0.5, 0.6) is 0 Å². The lowest BCUT2D eigenvalue weighted by molar-refractivity contribution is 0.0565. The van der Waals surface area contributed by atoms with Gasteiger partial charge < -0.3 is 18.9 Å². The smallest absolute Gasteiger partial charge is 0.221 e. The lowest BCUT2D eigenvalue weighted by Crippen LogP contribution is -2.44. The Bertz CT molecular complexity index is 927. The maximum atomic E-state index is 6.05.